The van der Waals surface area contributed by atoms with E-state index in [9.17, 15) is 4.79 Å². The highest BCUT2D eigenvalue weighted by Gasteiger charge is 2.18. The van der Waals surface area contributed by atoms with Crippen molar-refractivity contribution in [2.75, 3.05) is 12.0 Å². The number of hydrogen-bond donors (Lipinski definition) is 2. The zero-order valence-corrected chi connectivity index (χ0v) is 13.8. The number of benzene rings is 2. The second-order valence-corrected chi connectivity index (χ2v) is 6.30. The van der Waals surface area contributed by atoms with E-state index in [1.54, 1.807) is 11.8 Å². The minimum atomic E-state index is -0.123. The van der Waals surface area contributed by atoms with E-state index in [1.165, 1.54) is 0 Å². The highest BCUT2D eigenvalue weighted by Crippen LogP contribution is 2.20. The van der Waals surface area contributed by atoms with Crippen LogP contribution in [0.2, 0.25) is 0 Å². The molecule has 0 bridgehead atoms. The molecule has 0 fully saturated rings. The summed E-state index contributed by atoms with van der Waals surface area (Å²) < 4.78 is 0. The molecule has 23 heavy (non-hydrogen) atoms. The average Bonchev–Trinajstić information content (AvgIpc) is 3.03. The van der Waals surface area contributed by atoms with Gasteiger partial charge in [-0.2, -0.15) is 11.8 Å². The zero-order valence-electron chi connectivity index (χ0n) is 13.0. The smallest absolute Gasteiger partial charge is 0.251 e. The number of hydrogen-bond acceptors (Lipinski definition) is 3. The lowest BCUT2D eigenvalue weighted by Gasteiger charge is -2.16. The molecule has 0 unspecified atom stereocenters. The molecule has 1 heterocycles. The van der Waals surface area contributed by atoms with Gasteiger partial charge < -0.3 is 10.3 Å². The number of rotatable bonds is 6. The molecule has 3 aromatic rings. The third-order valence-electron chi connectivity index (χ3n) is 3.69. The Morgan fingerprint density at radius 2 is 1.91 bits per heavy atom. The molecule has 0 spiro atoms. The summed E-state index contributed by atoms with van der Waals surface area (Å²) in [6.45, 7) is 0. The number of aromatic amines is 1. The molecule has 0 saturated carbocycles. The van der Waals surface area contributed by atoms with Gasteiger partial charge in [-0.15, -0.1) is 0 Å². The minimum absolute atomic E-state index is 0.0721. The van der Waals surface area contributed by atoms with Crippen molar-refractivity contribution in [3.63, 3.8) is 0 Å². The van der Waals surface area contributed by atoms with Gasteiger partial charge in [0.15, 0.2) is 0 Å². The van der Waals surface area contributed by atoms with E-state index in [-0.39, 0.29) is 11.9 Å². The Hall–Kier alpha value is -2.27. The molecule has 1 atom stereocenters. The first-order chi connectivity index (χ1) is 11.3. The Labute approximate surface area is 139 Å². The average molecular weight is 325 g/mol. The van der Waals surface area contributed by atoms with Crippen LogP contribution in [0.25, 0.3) is 11.0 Å². The second-order valence-electron chi connectivity index (χ2n) is 5.31. The summed E-state index contributed by atoms with van der Waals surface area (Å²) in [4.78, 5) is 20.4. The fourth-order valence-electron chi connectivity index (χ4n) is 2.48. The van der Waals surface area contributed by atoms with Crippen LogP contribution in [0.3, 0.4) is 0 Å². The van der Waals surface area contributed by atoms with Crippen molar-refractivity contribution < 1.29 is 4.79 Å². The van der Waals surface area contributed by atoms with Gasteiger partial charge in [0.2, 0.25) is 0 Å². The number of para-hydroxylation sites is 2. The molecule has 0 aliphatic rings. The van der Waals surface area contributed by atoms with Crippen molar-refractivity contribution in [1.82, 2.24) is 15.3 Å². The second kappa shape index (κ2) is 7.33. The lowest BCUT2D eigenvalue weighted by Crippen LogP contribution is -2.29. The van der Waals surface area contributed by atoms with Crippen LogP contribution in [0.4, 0.5) is 0 Å². The molecule has 0 radical (unpaired) electrons. The van der Waals surface area contributed by atoms with Crippen molar-refractivity contribution in [3.05, 3.63) is 66.0 Å². The Bertz CT molecular complexity index is 752. The molecule has 0 aliphatic heterocycles. The summed E-state index contributed by atoms with van der Waals surface area (Å²) in [7, 11) is 0. The molecule has 1 aromatic heterocycles. The molecule has 0 aliphatic carbocycles. The number of imidazole rings is 1. The summed E-state index contributed by atoms with van der Waals surface area (Å²) in [6.07, 6.45) is 2.90. The Balaban J connectivity index is 1.83. The summed E-state index contributed by atoms with van der Waals surface area (Å²) in [5, 5.41) is 3.10. The quantitative estimate of drug-likeness (QED) is 0.725. The van der Waals surface area contributed by atoms with Gasteiger partial charge in [0.05, 0.1) is 17.1 Å². The molecule has 4 nitrogen and oxygen atoms in total. The summed E-state index contributed by atoms with van der Waals surface area (Å²) in [6, 6.07) is 17.1. The molecule has 0 saturated heterocycles. The van der Waals surface area contributed by atoms with Gasteiger partial charge in [-0.3, -0.25) is 4.79 Å². The van der Waals surface area contributed by atoms with Crippen LogP contribution in [-0.2, 0) is 0 Å². The van der Waals surface area contributed by atoms with Crippen LogP contribution in [0.5, 0.6) is 0 Å². The maximum absolute atomic E-state index is 12.4. The fraction of sp³-hybridized carbons (Fsp3) is 0.222. The van der Waals surface area contributed by atoms with Crippen molar-refractivity contribution in [2.45, 2.75) is 12.5 Å². The van der Waals surface area contributed by atoms with E-state index in [4.69, 9.17) is 0 Å². The van der Waals surface area contributed by atoms with Gasteiger partial charge in [0.1, 0.15) is 5.82 Å². The van der Waals surface area contributed by atoms with E-state index in [0.29, 0.717) is 5.56 Å². The van der Waals surface area contributed by atoms with Crippen molar-refractivity contribution in [1.29, 1.82) is 0 Å². The lowest BCUT2D eigenvalue weighted by molar-refractivity contribution is 0.0934. The molecule has 5 heteroatoms. The highest BCUT2D eigenvalue weighted by atomic mass is 32.2. The molecule has 118 valence electrons. The number of carbonyl (C=O) groups is 1. The van der Waals surface area contributed by atoms with Crippen molar-refractivity contribution in [3.8, 4) is 0 Å². The summed E-state index contributed by atoms with van der Waals surface area (Å²) >= 11 is 1.76. The fourth-order valence-corrected chi connectivity index (χ4v) is 2.95. The standard InChI is InChI=1S/C18H19N3OS/c1-23-12-11-16(21-18(22)13-7-3-2-4-8-13)17-19-14-9-5-6-10-15(14)20-17/h2-10,16H,11-12H2,1H3,(H,19,20)(H,21,22)/t16-/m0/s1. The summed E-state index contributed by atoms with van der Waals surface area (Å²) in [5.74, 6) is 1.69. The van der Waals surface area contributed by atoms with E-state index in [0.717, 1.165) is 29.0 Å². The monoisotopic (exact) mass is 325 g/mol. The maximum atomic E-state index is 12.4. The minimum Gasteiger partial charge on any atom is -0.342 e. The van der Waals surface area contributed by atoms with Crippen LogP contribution in [-0.4, -0.2) is 27.9 Å². The van der Waals surface area contributed by atoms with Crippen LogP contribution < -0.4 is 5.32 Å². The van der Waals surface area contributed by atoms with Crippen LogP contribution in [0.1, 0.15) is 28.6 Å². The Morgan fingerprint density at radius 1 is 1.17 bits per heavy atom. The summed E-state index contributed by atoms with van der Waals surface area (Å²) in [5.41, 5.74) is 2.58. The third-order valence-corrected chi connectivity index (χ3v) is 4.33. The van der Waals surface area contributed by atoms with Crippen molar-refractivity contribution >= 4 is 28.7 Å². The van der Waals surface area contributed by atoms with Gasteiger partial charge in [0, 0.05) is 5.56 Å². The molecule has 2 N–H and O–H groups in total. The van der Waals surface area contributed by atoms with Crippen LogP contribution in [0, 0.1) is 0 Å². The van der Waals surface area contributed by atoms with E-state index < -0.39 is 0 Å². The van der Waals surface area contributed by atoms with Gasteiger partial charge in [-0.25, -0.2) is 4.98 Å². The number of H-pyrrole nitrogens is 1. The number of fused-ring (bicyclic) bond motifs is 1. The predicted molar refractivity (Wildman–Crippen MR) is 95.7 cm³/mol. The highest BCUT2D eigenvalue weighted by molar-refractivity contribution is 7.98. The molecule has 1 amide bonds. The van der Waals surface area contributed by atoms with E-state index in [1.807, 2.05) is 54.6 Å². The third kappa shape index (κ3) is 3.74. The number of nitrogens with one attached hydrogen (secondary N) is 2. The number of carbonyl (C=O) groups excluding carboxylic acids is 1. The van der Waals surface area contributed by atoms with Gasteiger partial charge >= 0.3 is 0 Å². The Morgan fingerprint density at radius 3 is 2.65 bits per heavy atom. The maximum Gasteiger partial charge on any atom is 0.251 e. The first-order valence-electron chi connectivity index (χ1n) is 7.57. The Kier molecular flexibility index (Phi) is 4.98. The van der Waals surface area contributed by atoms with Gasteiger partial charge in [0.25, 0.3) is 5.91 Å². The largest absolute Gasteiger partial charge is 0.342 e. The normalized spacial score (nSPS) is 12.2. The zero-order chi connectivity index (χ0) is 16.1. The van der Waals surface area contributed by atoms with Gasteiger partial charge in [-0.1, -0.05) is 30.3 Å². The van der Waals surface area contributed by atoms with Crippen LogP contribution in [0.15, 0.2) is 54.6 Å². The topological polar surface area (TPSA) is 57.8 Å². The first kappa shape index (κ1) is 15.6. The number of amides is 1. The number of thioether (sulfide) groups is 1. The van der Waals surface area contributed by atoms with Gasteiger partial charge in [-0.05, 0) is 42.7 Å². The molecular weight excluding hydrogens is 306 g/mol. The molecule has 3 rings (SSSR count). The van der Waals surface area contributed by atoms with Crippen LogP contribution >= 0.6 is 11.8 Å². The van der Waals surface area contributed by atoms with Crippen molar-refractivity contribution in [2.24, 2.45) is 0 Å². The number of aromatic nitrogens is 2. The number of nitrogens with zero attached hydrogens (tertiary/aromatic N) is 1. The van der Waals surface area contributed by atoms with E-state index >= 15 is 0 Å². The molecule has 2 aromatic carbocycles. The predicted octanol–water partition coefficient (Wildman–Crippen LogP) is 3.79. The van der Waals surface area contributed by atoms with E-state index in [2.05, 4.69) is 21.5 Å². The molecular formula is C18H19N3OS. The SMILES string of the molecule is CSCC[C@H](NC(=O)c1ccccc1)c1nc2ccccc2[nH]1. The first-order valence-corrected chi connectivity index (χ1v) is 8.97. The lowest BCUT2D eigenvalue weighted by atomic mass is 10.1.